The molecule has 0 amide bonds. The van der Waals surface area contributed by atoms with Crippen LogP contribution >= 0.6 is 0 Å². The largest absolute Gasteiger partial charge is 0.493 e. The SMILES string of the molecule is Cc1cc(OCCC(C)(C)O)cc(C)c1-c1cccc(COc2ccc(C=O)cn2)c1C. The first-order valence-electron chi connectivity index (χ1n) is 10.8. The van der Waals surface area contributed by atoms with Crippen LogP contribution in [0.5, 0.6) is 11.6 Å². The monoisotopic (exact) mass is 433 g/mol. The van der Waals surface area contributed by atoms with Crippen molar-refractivity contribution in [1.29, 1.82) is 0 Å². The Morgan fingerprint density at radius 2 is 1.75 bits per heavy atom. The molecular formula is C27H31NO4. The number of hydrogen-bond acceptors (Lipinski definition) is 5. The molecule has 2 aromatic carbocycles. The zero-order chi connectivity index (χ0) is 23.3. The first kappa shape index (κ1) is 23.5. The second kappa shape index (κ2) is 9.96. The molecule has 0 atom stereocenters. The van der Waals surface area contributed by atoms with Gasteiger partial charge in [0.15, 0.2) is 6.29 Å². The normalized spacial score (nSPS) is 11.3. The van der Waals surface area contributed by atoms with E-state index in [9.17, 15) is 9.90 Å². The maximum atomic E-state index is 10.8. The predicted molar refractivity (Wildman–Crippen MR) is 126 cm³/mol. The van der Waals surface area contributed by atoms with E-state index in [2.05, 4.69) is 37.9 Å². The van der Waals surface area contributed by atoms with E-state index < -0.39 is 5.60 Å². The standard InChI is InChI=1S/C27H31NO4/c1-18-13-23(31-12-11-27(4,5)30)14-19(2)26(18)24-8-6-7-22(20(24)3)17-32-25-10-9-21(16-29)15-28-25/h6-10,13-16,30H,11-12,17H2,1-5H3. The van der Waals surface area contributed by atoms with Crippen molar-refractivity contribution in [3.8, 4) is 22.8 Å². The zero-order valence-electron chi connectivity index (χ0n) is 19.4. The summed E-state index contributed by atoms with van der Waals surface area (Å²) in [5.74, 6) is 1.30. The first-order valence-corrected chi connectivity index (χ1v) is 10.8. The molecule has 168 valence electrons. The van der Waals surface area contributed by atoms with E-state index in [-0.39, 0.29) is 0 Å². The number of carbonyl (C=O) groups is 1. The molecule has 0 aliphatic rings. The molecule has 5 heteroatoms. The minimum absolute atomic E-state index is 0.392. The van der Waals surface area contributed by atoms with E-state index in [1.807, 2.05) is 18.2 Å². The number of ether oxygens (including phenoxy) is 2. The lowest BCUT2D eigenvalue weighted by molar-refractivity contribution is 0.0553. The number of pyridine rings is 1. The third kappa shape index (κ3) is 5.95. The van der Waals surface area contributed by atoms with Crippen molar-refractivity contribution in [1.82, 2.24) is 4.98 Å². The average molecular weight is 434 g/mol. The lowest BCUT2D eigenvalue weighted by Gasteiger charge is -2.19. The number of benzene rings is 2. The molecule has 0 bridgehead atoms. The quantitative estimate of drug-likeness (QED) is 0.445. The highest BCUT2D eigenvalue weighted by atomic mass is 16.5. The smallest absolute Gasteiger partial charge is 0.213 e. The molecule has 0 radical (unpaired) electrons. The highest BCUT2D eigenvalue weighted by molar-refractivity contribution is 5.75. The maximum absolute atomic E-state index is 10.8. The van der Waals surface area contributed by atoms with Crippen molar-refractivity contribution in [2.24, 2.45) is 0 Å². The second-order valence-corrected chi connectivity index (χ2v) is 8.77. The van der Waals surface area contributed by atoms with Crippen LogP contribution in [0.15, 0.2) is 48.7 Å². The van der Waals surface area contributed by atoms with Crippen molar-refractivity contribution in [3.05, 3.63) is 76.5 Å². The summed E-state index contributed by atoms with van der Waals surface area (Å²) in [5.41, 5.74) is 6.63. The summed E-state index contributed by atoms with van der Waals surface area (Å²) < 4.78 is 11.7. The summed E-state index contributed by atoms with van der Waals surface area (Å²) in [6.45, 7) is 10.7. The predicted octanol–water partition coefficient (Wildman–Crippen LogP) is 5.61. The van der Waals surface area contributed by atoms with Crippen LogP contribution in [-0.4, -0.2) is 28.6 Å². The average Bonchev–Trinajstić information content (AvgIpc) is 2.73. The van der Waals surface area contributed by atoms with Gasteiger partial charge in [0.1, 0.15) is 12.4 Å². The van der Waals surface area contributed by atoms with Gasteiger partial charge >= 0.3 is 0 Å². The van der Waals surface area contributed by atoms with Gasteiger partial charge in [-0.2, -0.15) is 0 Å². The highest BCUT2D eigenvalue weighted by Crippen LogP contribution is 2.34. The van der Waals surface area contributed by atoms with Crippen molar-refractivity contribution >= 4 is 6.29 Å². The van der Waals surface area contributed by atoms with E-state index in [0.29, 0.717) is 31.1 Å². The molecule has 0 aliphatic heterocycles. The summed E-state index contributed by atoms with van der Waals surface area (Å²) >= 11 is 0. The van der Waals surface area contributed by atoms with Crippen molar-refractivity contribution in [3.63, 3.8) is 0 Å². The molecule has 3 rings (SSSR count). The number of carbonyl (C=O) groups excluding carboxylic acids is 1. The Hall–Kier alpha value is -3.18. The number of aryl methyl sites for hydroxylation is 2. The molecule has 0 unspecified atom stereocenters. The summed E-state index contributed by atoms with van der Waals surface area (Å²) in [5, 5.41) is 9.89. The van der Waals surface area contributed by atoms with Crippen LogP contribution < -0.4 is 9.47 Å². The minimum atomic E-state index is -0.740. The Morgan fingerprint density at radius 3 is 2.34 bits per heavy atom. The summed E-state index contributed by atoms with van der Waals surface area (Å²) in [6, 6.07) is 13.7. The van der Waals surface area contributed by atoms with Gasteiger partial charge in [0.2, 0.25) is 5.88 Å². The van der Waals surface area contributed by atoms with Gasteiger partial charge in [0.25, 0.3) is 0 Å². The van der Waals surface area contributed by atoms with Crippen LogP contribution in [0.25, 0.3) is 11.1 Å². The maximum Gasteiger partial charge on any atom is 0.213 e. The van der Waals surface area contributed by atoms with Crippen molar-refractivity contribution < 1.29 is 19.4 Å². The van der Waals surface area contributed by atoms with Crippen LogP contribution in [0.2, 0.25) is 0 Å². The Balaban J connectivity index is 1.79. The fraction of sp³-hybridized carbons (Fsp3) is 0.333. The third-order valence-electron chi connectivity index (χ3n) is 5.47. The Bertz CT molecular complexity index is 1060. The number of rotatable bonds is 9. The van der Waals surface area contributed by atoms with Gasteiger partial charge in [-0.3, -0.25) is 4.79 Å². The molecule has 32 heavy (non-hydrogen) atoms. The molecule has 1 aromatic heterocycles. The second-order valence-electron chi connectivity index (χ2n) is 8.77. The number of aldehydes is 1. The van der Waals surface area contributed by atoms with Gasteiger partial charge in [0, 0.05) is 24.2 Å². The zero-order valence-corrected chi connectivity index (χ0v) is 19.4. The van der Waals surface area contributed by atoms with Crippen LogP contribution in [0.3, 0.4) is 0 Å². The fourth-order valence-corrected chi connectivity index (χ4v) is 3.66. The summed E-state index contributed by atoms with van der Waals surface area (Å²) in [6.07, 6.45) is 2.84. The van der Waals surface area contributed by atoms with Crippen LogP contribution in [0, 0.1) is 20.8 Å². The summed E-state index contributed by atoms with van der Waals surface area (Å²) in [4.78, 5) is 15.0. The van der Waals surface area contributed by atoms with Crippen LogP contribution in [0.1, 0.15) is 52.9 Å². The van der Waals surface area contributed by atoms with E-state index >= 15 is 0 Å². The van der Waals surface area contributed by atoms with Gasteiger partial charge in [-0.05, 0) is 86.2 Å². The first-order chi connectivity index (χ1) is 15.2. The van der Waals surface area contributed by atoms with Gasteiger partial charge in [0.05, 0.1) is 12.2 Å². The van der Waals surface area contributed by atoms with E-state index in [1.54, 1.807) is 26.0 Å². The van der Waals surface area contributed by atoms with Gasteiger partial charge in [-0.15, -0.1) is 0 Å². The topological polar surface area (TPSA) is 68.7 Å². The molecule has 1 N–H and O–H groups in total. The molecular weight excluding hydrogens is 402 g/mol. The third-order valence-corrected chi connectivity index (χ3v) is 5.47. The number of aromatic nitrogens is 1. The van der Waals surface area contributed by atoms with Crippen LogP contribution in [-0.2, 0) is 6.61 Å². The molecule has 5 nitrogen and oxygen atoms in total. The molecule has 1 heterocycles. The van der Waals surface area contributed by atoms with Gasteiger partial charge in [-0.25, -0.2) is 4.98 Å². The van der Waals surface area contributed by atoms with E-state index in [4.69, 9.17) is 9.47 Å². The summed E-state index contributed by atoms with van der Waals surface area (Å²) in [7, 11) is 0. The van der Waals surface area contributed by atoms with Gasteiger partial charge < -0.3 is 14.6 Å². The lowest BCUT2D eigenvalue weighted by Crippen LogP contribution is -2.21. The molecule has 0 spiro atoms. The molecule has 3 aromatic rings. The fourth-order valence-electron chi connectivity index (χ4n) is 3.66. The van der Waals surface area contributed by atoms with Crippen molar-refractivity contribution in [2.75, 3.05) is 6.61 Å². The molecule has 0 saturated heterocycles. The minimum Gasteiger partial charge on any atom is -0.493 e. The van der Waals surface area contributed by atoms with E-state index in [0.717, 1.165) is 39.9 Å². The van der Waals surface area contributed by atoms with Crippen molar-refractivity contribution in [2.45, 2.75) is 53.2 Å². The molecule has 0 saturated carbocycles. The number of hydrogen-bond donors (Lipinski definition) is 1. The Morgan fingerprint density at radius 1 is 1.03 bits per heavy atom. The molecule has 0 aliphatic carbocycles. The Kier molecular flexibility index (Phi) is 7.31. The Labute approximate surface area is 190 Å². The lowest BCUT2D eigenvalue weighted by atomic mass is 9.90. The van der Waals surface area contributed by atoms with E-state index in [1.165, 1.54) is 11.8 Å². The highest BCUT2D eigenvalue weighted by Gasteiger charge is 2.15. The number of aliphatic hydroxyl groups is 1. The van der Waals surface area contributed by atoms with Crippen LogP contribution in [0.4, 0.5) is 0 Å². The molecule has 0 fully saturated rings. The van der Waals surface area contributed by atoms with Gasteiger partial charge in [-0.1, -0.05) is 18.2 Å². The number of nitrogens with zero attached hydrogens (tertiary/aromatic N) is 1.